The summed E-state index contributed by atoms with van der Waals surface area (Å²) < 4.78 is 7.06. The van der Waals surface area contributed by atoms with Crippen LogP contribution in [-0.4, -0.2) is 40.6 Å². The second-order valence-corrected chi connectivity index (χ2v) is 6.82. The summed E-state index contributed by atoms with van der Waals surface area (Å²) in [6.45, 7) is 3.91. The number of hydrogen-bond acceptors (Lipinski definition) is 7. The number of hydrogen-bond donors (Lipinski definition) is 0. The van der Waals surface area contributed by atoms with Crippen LogP contribution in [0.5, 0.6) is 0 Å². The SMILES string of the molecule is CCOCCCN=c1scc(-c2cccc([N+](=O)[O-])c2)n1/N=C\c1cccnc1. The maximum absolute atomic E-state index is 11.1. The van der Waals surface area contributed by atoms with E-state index in [0.717, 1.165) is 17.7 Å². The Bertz CT molecular complexity index is 1040. The molecule has 0 N–H and O–H groups in total. The van der Waals surface area contributed by atoms with E-state index in [0.29, 0.717) is 30.1 Å². The van der Waals surface area contributed by atoms with Crippen LogP contribution in [-0.2, 0) is 4.74 Å². The third-order valence-electron chi connectivity index (χ3n) is 3.94. The van der Waals surface area contributed by atoms with Gasteiger partial charge in [-0.05, 0) is 19.4 Å². The molecule has 2 heterocycles. The van der Waals surface area contributed by atoms with Crippen LogP contribution in [0, 0.1) is 10.1 Å². The summed E-state index contributed by atoms with van der Waals surface area (Å²) in [5, 5.41) is 17.6. The fraction of sp³-hybridized carbons (Fsp3) is 0.250. The average Bonchev–Trinajstić information content (AvgIpc) is 3.15. The molecule has 0 amide bonds. The smallest absolute Gasteiger partial charge is 0.270 e. The second kappa shape index (κ2) is 10.4. The van der Waals surface area contributed by atoms with Crippen molar-refractivity contribution in [2.24, 2.45) is 10.1 Å². The highest BCUT2D eigenvalue weighted by Gasteiger charge is 2.12. The van der Waals surface area contributed by atoms with Gasteiger partial charge in [0.15, 0.2) is 0 Å². The standard InChI is InChI=1S/C20H21N5O3S/c1-2-28-11-5-10-22-20-24(23-14-16-6-4-9-21-13-16)19(15-29-20)17-7-3-8-18(12-17)25(26)27/h3-4,6-9,12-15H,2,5,10-11H2,1H3/b22-20?,23-14-. The van der Waals surface area contributed by atoms with Crippen molar-refractivity contribution in [2.75, 3.05) is 19.8 Å². The molecule has 0 aliphatic heterocycles. The highest BCUT2D eigenvalue weighted by molar-refractivity contribution is 7.07. The number of benzene rings is 1. The molecule has 8 nitrogen and oxygen atoms in total. The van der Waals surface area contributed by atoms with Crippen molar-refractivity contribution >= 4 is 23.2 Å². The van der Waals surface area contributed by atoms with Gasteiger partial charge < -0.3 is 4.74 Å². The van der Waals surface area contributed by atoms with Crippen molar-refractivity contribution in [3.05, 3.63) is 74.7 Å². The van der Waals surface area contributed by atoms with Gasteiger partial charge in [0, 0.05) is 60.8 Å². The number of rotatable bonds is 9. The molecule has 3 aromatic rings. The molecule has 0 bridgehead atoms. The molecule has 3 rings (SSSR count). The molecular formula is C20H21N5O3S. The molecule has 0 saturated carbocycles. The number of nitro groups is 1. The van der Waals surface area contributed by atoms with E-state index < -0.39 is 4.92 Å². The van der Waals surface area contributed by atoms with E-state index in [1.54, 1.807) is 29.4 Å². The Balaban J connectivity index is 1.97. The topological polar surface area (TPSA) is 94.9 Å². The van der Waals surface area contributed by atoms with Gasteiger partial charge in [0.1, 0.15) is 0 Å². The first-order valence-electron chi connectivity index (χ1n) is 9.17. The Hall–Kier alpha value is -3.17. The summed E-state index contributed by atoms with van der Waals surface area (Å²) in [6, 6.07) is 10.2. The molecule has 1 aromatic carbocycles. The van der Waals surface area contributed by atoms with Crippen LogP contribution in [0.4, 0.5) is 5.69 Å². The van der Waals surface area contributed by atoms with E-state index >= 15 is 0 Å². The molecule has 0 aliphatic rings. The minimum absolute atomic E-state index is 0.0340. The van der Waals surface area contributed by atoms with E-state index in [2.05, 4.69) is 15.1 Å². The monoisotopic (exact) mass is 411 g/mol. The number of pyridine rings is 1. The summed E-state index contributed by atoms with van der Waals surface area (Å²) in [6.07, 6.45) is 5.91. The van der Waals surface area contributed by atoms with Crippen molar-refractivity contribution in [3.8, 4) is 11.3 Å². The first kappa shape index (κ1) is 20.6. The zero-order valence-electron chi connectivity index (χ0n) is 16.0. The van der Waals surface area contributed by atoms with E-state index in [9.17, 15) is 10.1 Å². The lowest BCUT2D eigenvalue weighted by atomic mass is 10.1. The van der Waals surface area contributed by atoms with Crippen LogP contribution in [0.1, 0.15) is 18.9 Å². The summed E-state index contributed by atoms with van der Waals surface area (Å²) in [5.41, 5.74) is 2.32. The van der Waals surface area contributed by atoms with Gasteiger partial charge in [0.05, 0.1) is 16.8 Å². The quantitative estimate of drug-likeness (QED) is 0.232. The predicted molar refractivity (Wildman–Crippen MR) is 113 cm³/mol. The molecule has 0 radical (unpaired) electrons. The van der Waals surface area contributed by atoms with Crippen LogP contribution in [0.3, 0.4) is 0 Å². The molecule has 0 saturated heterocycles. The number of ether oxygens (including phenoxy) is 1. The maximum Gasteiger partial charge on any atom is 0.270 e. The Morgan fingerprint density at radius 2 is 2.24 bits per heavy atom. The second-order valence-electron chi connectivity index (χ2n) is 5.99. The summed E-state index contributed by atoms with van der Waals surface area (Å²) in [4.78, 5) is 20.2. The molecular weight excluding hydrogens is 390 g/mol. The van der Waals surface area contributed by atoms with Gasteiger partial charge in [-0.25, -0.2) is 4.68 Å². The van der Waals surface area contributed by atoms with E-state index in [4.69, 9.17) is 4.74 Å². The Morgan fingerprint density at radius 3 is 3.00 bits per heavy atom. The number of thiazole rings is 1. The summed E-state index contributed by atoms with van der Waals surface area (Å²) in [7, 11) is 0. The third-order valence-corrected chi connectivity index (χ3v) is 4.80. The minimum atomic E-state index is -0.405. The van der Waals surface area contributed by atoms with Gasteiger partial charge >= 0.3 is 0 Å². The normalized spacial score (nSPS) is 12.0. The molecule has 150 valence electrons. The molecule has 0 spiro atoms. The lowest BCUT2D eigenvalue weighted by molar-refractivity contribution is -0.384. The van der Waals surface area contributed by atoms with Crippen LogP contribution in [0.2, 0.25) is 0 Å². The molecule has 0 fully saturated rings. The van der Waals surface area contributed by atoms with E-state index in [1.165, 1.54) is 23.5 Å². The molecule has 0 atom stereocenters. The number of non-ortho nitro benzene ring substituents is 1. The van der Waals surface area contributed by atoms with Gasteiger partial charge in [0.25, 0.3) is 5.69 Å². The zero-order valence-corrected chi connectivity index (χ0v) is 16.8. The Labute approximate surface area is 172 Å². The van der Waals surface area contributed by atoms with E-state index in [1.807, 2.05) is 30.5 Å². The molecule has 9 heteroatoms. The van der Waals surface area contributed by atoms with Crippen LogP contribution in [0.15, 0.2) is 64.3 Å². The lowest BCUT2D eigenvalue weighted by Crippen LogP contribution is -2.13. The van der Waals surface area contributed by atoms with E-state index in [-0.39, 0.29) is 5.69 Å². The largest absolute Gasteiger partial charge is 0.382 e. The van der Waals surface area contributed by atoms with Crippen molar-refractivity contribution < 1.29 is 9.66 Å². The highest BCUT2D eigenvalue weighted by atomic mass is 32.1. The fourth-order valence-corrected chi connectivity index (χ4v) is 3.42. The number of nitrogens with zero attached hydrogens (tertiary/aromatic N) is 5. The van der Waals surface area contributed by atoms with Crippen molar-refractivity contribution in [2.45, 2.75) is 13.3 Å². The molecule has 0 unspecified atom stereocenters. The molecule has 29 heavy (non-hydrogen) atoms. The Morgan fingerprint density at radius 1 is 1.34 bits per heavy atom. The highest BCUT2D eigenvalue weighted by Crippen LogP contribution is 2.24. The average molecular weight is 411 g/mol. The summed E-state index contributed by atoms with van der Waals surface area (Å²) >= 11 is 1.44. The number of aromatic nitrogens is 2. The van der Waals surface area contributed by atoms with Crippen molar-refractivity contribution in [3.63, 3.8) is 0 Å². The zero-order chi connectivity index (χ0) is 20.5. The van der Waals surface area contributed by atoms with Crippen LogP contribution in [0.25, 0.3) is 11.3 Å². The van der Waals surface area contributed by atoms with Gasteiger partial charge in [0.2, 0.25) is 4.80 Å². The lowest BCUT2D eigenvalue weighted by Gasteiger charge is -2.04. The van der Waals surface area contributed by atoms with Crippen molar-refractivity contribution in [1.82, 2.24) is 9.66 Å². The van der Waals surface area contributed by atoms with Crippen LogP contribution < -0.4 is 4.80 Å². The summed E-state index contributed by atoms with van der Waals surface area (Å²) in [5.74, 6) is 0. The third kappa shape index (κ3) is 5.66. The van der Waals surface area contributed by atoms with Gasteiger partial charge in [-0.1, -0.05) is 18.2 Å². The predicted octanol–water partition coefficient (Wildman–Crippen LogP) is 3.73. The number of nitro benzene ring substituents is 1. The fourth-order valence-electron chi connectivity index (χ4n) is 2.56. The first-order chi connectivity index (χ1) is 14.2. The van der Waals surface area contributed by atoms with Crippen molar-refractivity contribution in [1.29, 1.82) is 0 Å². The van der Waals surface area contributed by atoms with Gasteiger partial charge in [-0.3, -0.25) is 20.1 Å². The first-order valence-corrected chi connectivity index (χ1v) is 10.0. The van der Waals surface area contributed by atoms with Gasteiger partial charge in [-0.15, -0.1) is 11.3 Å². The molecule has 2 aromatic heterocycles. The molecule has 0 aliphatic carbocycles. The maximum atomic E-state index is 11.1. The van der Waals surface area contributed by atoms with Crippen LogP contribution >= 0.6 is 11.3 Å². The Kier molecular flexibility index (Phi) is 7.37. The minimum Gasteiger partial charge on any atom is -0.382 e. The van der Waals surface area contributed by atoms with Gasteiger partial charge in [-0.2, -0.15) is 5.10 Å².